The Bertz CT molecular complexity index is 1330. The molecule has 15 nitrogen and oxygen atoms in total. The second kappa shape index (κ2) is 11.6. The topological polar surface area (TPSA) is 256 Å². The fraction of sp³-hybridized carbons (Fsp3) is 0.519. The summed E-state index contributed by atoms with van der Waals surface area (Å²) in [5, 5.41) is 102. The molecular weight excluding hydrogens is 564 g/mol. The summed E-state index contributed by atoms with van der Waals surface area (Å²) in [6.45, 7) is 0.136. The number of carbonyl (C=O) groups excluding carboxylic acids is 1. The Morgan fingerprint density at radius 1 is 0.714 bits per heavy atom. The van der Waals surface area contributed by atoms with E-state index in [1.165, 1.54) is 12.1 Å². The minimum absolute atomic E-state index is 0.0611. The molecule has 1 aliphatic carbocycles. The molecule has 0 aromatic heterocycles. The Kier molecular flexibility index (Phi) is 8.45. The van der Waals surface area contributed by atoms with Crippen molar-refractivity contribution < 1.29 is 74.8 Å². The molecule has 2 heterocycles. The summed E-state index contributed by atoms with van der Waals surface area (Å²) in [6.07, 6.45) is -18.1. The van der Waals surface area contributed by atoms with E-state index in [4.69, 9.17) is 18.9 Å². The van der Waals surface area contributed by atoms with Gasteiger partial charge < -0.3 is 70.0 Å². The summed E-state index contributed by atoms with van der Waals surface area (Å²) in [5.41, 5.74) is 0.00119. The van der Waals surface area contributed by atoms with Gasteiger partial charge in [0, 0.05) is 17.2 Å². The summed E-state index contributed by atoms with van der Waals surface area (Å²) in [6, 6.07) is 4.96. The van der Waals surface area contributed by atoms with E-state index in [1.807, 2.05) is 0 Å². The van der Waals surface area contributed by atoms with Gasteiger partial charge >= 0.3 is 0 Å². The zero-order valence-electron chi connectivity index (χ0n) is 22.1. The molecule has 42 heavy (non-hydrogen) atoms. The molecule has 15 heteroatoms. The Morgan fingerprint density at radius 2 is 1.26 bits per heavy atom. The van der Waals surface area contributed by atoms with Crippen molar-refractivity contribution in [2.45, 2.75) is 74.4 Å². The zero-order chi connectivity index (χ0) is 30.6. The Labute approximate surface area is 238 Å². The first-order chi connectivity index (χ1) is 19.9. The normalized spacial score (nSPS) is 36.3. The van der Waals surface area contributed by atoms with E-state index in [0.29, 0.717) is 5.56 Å². The van der Waals surface area contributed by atoms with Crippen molar-refractivity contribution in [2.24, 2.45) is 0 Å². The summed E-state index contributed by atoms with van der Waals surface area (Å²) in [4.78, 5) is 13.8. The fourth-order valence-electron chi connectivity index (χ4n) is 5.46. The Balaban J connectivity index is 1.60. The van der Waals surface area contributed by atoms with Gasteiger partial charge in [0.05, 0.1) is 24.3 Å². The quantitative estimate of drug-likeness (QED) is 0.160. The lowest BCUT2D eigenvalue weighted by Gasteiger charge is -2.42. The highest BCUT2D eigenvalue weighted by atomic mass is 16.7. The van der Waals surface area contributed by atoms with Crippen LogP contribution in [0.4, 0.5) is 0 Å². The number of aliphatic hydroxyl groups is 8. The van der Waals surface area contributed by atoms with E-state index < -0.39 is 104 Å². The van der Waals surface area contributed by atoms with Gasteiger partial charge in [0.2, 0.25) is 12.1 Å². The van der Waals surface area contributed by atoms with Crippen molar-refractivity contribution >= 4 is 5.78 Å². The number of hydrogen-bond acceptors (Lipinski definition) is 15. The molecule has 2 aliphatic heterocycles. The monoisotopic (exact) mass is 596 g/mol. The van der Waals surface area contributed by atoms with E-state index in [-0.39, 0.29) is 22.3 Å². The third-order valence-corrected chi connectivity index (χ3v) is 7.64. The minimum atomic E-state index is -1.86. The highest BCUT2D eigenvalue weighted by Crippen LogP contribution is 2.47. The molecule has 0 spiro atoms. The van der Waals surface area contributed by atoms with Gasteiger partial charge in [-0.1, -0.05) is 6.07 Å². The maximum Gasteiger partial charge on any atom is 0.229 e. The number of phenolic OH excluding ortho intramolecular Hbond substituents is 2. The summed E-state index contributed by atoms with van der Waals surface area (Å²) in [5.74, 6) is -2.11. The third-order valence-electron chi connectivity index (χ3n) is 7.64. The maximum absolute atomic E-state index is 13.8. The van der Waals surface area contributed by atoms with Crippen LogP contribution in [0, 0.1) is 6.92 Å². The van der Waals surface area contributed by atoms with Gasteiger partial charge in [0.15, 0.2) is 6.29 Å². The van der Waals surface area contributed by atoms with Crippen molar-refractivity contribution in [1.82, 2.24) is 0 Å². The molecule has 2 saturated heterocycles. The van der Waals surface area contributed by atoms with Gasteiger partial charge in [-0.25, -0.2) is 0 Å². The van der Waals surface area contributed by atoms with Crippen LogP contribution >= 0.6 is 0 Å². The number of ether oxygens (including phenoxy) is 4. The van der Waals surface area contributed by atoms with E-state index in [0.717, 1.165) is 12.1 Å². The Morgan fingerprint density at radius 3 is 1.86 bits per heavy atom. The first-order valence-electron chi connectivity index (χ1n) is 13.1. The molecule has 0 saturated carbocycles. The van der Waals surface area contributed by atoms with Crippen LogP contribution in [0.2, 0.25) is 0 Å². The molecular formula is C27H32O15. The molecule has 0 unspecified atom stereocenters. The minimum Gasteiger partial charge on any atom is -0.508 e. The second-order valence-corrected chi connectivity index (χ2v) is 10.5. The molecule has 2 aromatic carbocycles. The van der Waals surface area contributed by atoms with E-state index in [2.05, 4.69) is 0 Å². The summed E-state index contributed by atoms with van der Waals surface area (Å²) >= 11 is 0. The molecule has 3 aliphatic rings. The molecule has 0 bridgehead atoms. The van der Waals surface area contributed by atoms with Crippen LogP contribution in [0.25, 0.3) is 0 Å². The number of fused-ring (bicyclic) bond motifs is 2. The number of benzene rings is 2. The van der Waals surface area contributed by atoms with Gasteiger partial charge in [-0.2, -0.15) is 0 Å². The number of ketones is 1. The zero-order valence-corrected chi connectivity index (χ0v) is 22.1. The van der Waals surface area contributed by atoms with Crippen LogP contribution in [0.1, 0.15) is 38.7 Å². The number of hydrogen-bond donors (Lipinski definition) is 10. The molecule has 11 atom stereocenters. The predicted molar refractivity (Wildman–Crippen MR) is 135 cm³/mol. The molecule has 2 aromatic rings. The van der Waals surface area contributed by atoms with Crippen LogP contribution in [-0.2, 0) is 14.2 Å². The van der Waals surface area contributed by atoms with Crippen LogP contribution in [0.3, 0.4) is 0 Å². The van der Waals surface area contributed by atoms with Crippen molar-refractivity contribution in [1.29, 1.82) is 0 Å². The van der Waals surface area contributed by atoms with Crippen LogP contribution in [0.5, 0.6) is 17.2 Å². The standard InChI is InChI=1S/C27H32O15/c1-8-2-10-16(12(31)3-8)20(34)17-11(25(10)42-27-24(38)22(36)19(33)15(7-29)41-27)4-9(30)5-13(17)39-26-23(37)21(35)18(32)14(6-28)40-26/h2-5,14-15,18-19,21-33,35-38H,6-7H2,1H3/t14-,15-,18-,19-,21+,22+,23-,24-,25+,26-,27+/m1/s1. The van der Waals surface area contributed by atoms with Gasteiger partial charge in [-0.15, -0.1) is 0 Å². The van der Waals surface area contributed by atoms with Gasteiger partial charge in [-0.05, 0) is 24.6 Å². The molecule has 2 fully saturated rings. The average Bonchev–Trinajstić information content (AvgIpc) is 2.94. The number of aromatic hydroxyl groups is 2. The van der Waals surface area contributed by atoms with Gasteiger partial charge in [-0.3, -0.25) is 4.79 Å². The number of rotatable bonds is 6. The molecule has 0 amide bonds. The first-order valence-corrected chi connectivity index (χ1v) is 13.1. The number of carbonyl (C=O) groups is 1. The van der Waals surface area contributed by atoms with E-state index >= 15 is 0 Å². The molecule has 10 N–H and O–H groups in total. The number of aliphatic hydroxyl groups excluding tert-OH is 8. The highest BCUT2D eigenvalue weighted by Gasteiger charge is 2.48. The summed E-state index contributed by atoms with van der Waals surface area (Å²) < 4.78 is 22.6. The van der Waals surface area contributed by atoms with Crippen LogP contribution in [0.15, 0.2) is 24.3 Å². The lowest BCUT2D eigenvalue weighted by molar-refractivity contribution is -0.309. The van der Waals surface area contributed by atoms with Crippen LogP contribution < -0.4 is 4.74 Å². The maximum atomic E-state index is 13.8. The van der Waals surface area contributed by atoms with Crippen molar-refractivity contribution in [3.63, 3.8) is 0 Å². The lowest BCUT2D eigenvalue weighted by Crippen LogP contribution is -2.60. The number of phenols is 2. The van der Waals surface area contributed by atoms with E-state index in [9.17, 15) is 55.9 Å². The molecule has 0 radical (unpaired) electrons. The third kappa shape index (κ3) is 5.12. The van der Waals surface area contributed by atoms with Gasteiger partial charge in [0.25, 0.3) is 0 Å². The molecule has 230 valence electrons. The summed E-state index contributed by atoms with van der Waals surface area (Å²) in [7, 11) is 0. The van der Waals surface area contributed by atoms with Crippen molar-refractivity contribution in [3.05, 3.63) is 52.1 Å². The average molecular weight is 597 g/mol. The smallest absolute Gasteiger partial charge is 0.229 e. The predicted octanol–water partition coefficient (Wildman–Crippen LogP) is -2.96. The fourth-order valence-corrected chi connectivity index (χ4v) is 5.46. The van der Waals surface area contributed by atoms with Gasteiger partial charge in [0.1, 0.15) is 72.2 Å². The van der Waals surface area contributed by atoms with Crippen molar-refractivity contribution in [2.75, 3.05) is 13.2 Å². The molecule has 5 rings (SSSR count). The largest absolute Gasteiger partial charge is 0.508 e. The van der Waals surface area contributed by atoms with Crippen molar-refractivity contribution in [3.8, 4) is 17.2 Å². The second-order valence-electron chi connectivity index (χ2n) is 10.5. The SMILES string of the molecule is Cc1cc(O)c2c(c1)[C@H](O[C@@H]1O[C@H](CO)[C@@H](O)[C@H](O)[C@H]1O)c1cc(O)cc(O[C@@H]3O[C@H](CO)[C@@H](O)[C@H](O)[C@H]3O)c1C2=O. The Hall–Kier alpha value is -2.93. The lowest BCUT2D eigenvalue weighted by atomic mass is 9.81. The highest BCUT2D eigenvalue weighted by molar-refractivity contribution is 6.16. The number of aryl methyl sites for hydroxylation is 1. The first kappa shape index (κ1) is 30.5. The van der Waals surface area contributed by atoms with E-state index in [1.54, 1.807) is 6.92 Å². The van der Waals surface area contributed by atoms with Crippen LogP contribution in [-0.4, -0.2) is 131 Å².